The van der Waals surface area contributed by atoms with Gasteiger partial charge in [-0.15, -0.1) is 0 Å². The fourth-order valence-corrected chi connectivity index (χ4v) is 2.70. The third kappa shape index (κ3) is 4.99. The van der Waals surface area contributed by atoms with Crippen LogP contribution in [0.2, 0.25) is 0 Å². The molecule has 1 aromatic carbocycles. The summed E-state index contributed by atoms with van der Waals surface area (Å²) in [5, 5.41) is 5.31. The minimum Gasteiger partial charge on any atom is -0.490 e. The summed E-state index contributed by atoms with van der Waals surface area (Å²) in [6, 6.07) is 3.70. The molecule has 0 radical (unpaired) electrons. The molecular formula is C19H24N2O6. The number of esters is 2. The first-order valence-electron chi connectivity index (χ1n) is 8.67. The number of benzene rings is 1. The van der Waals surface area contributed by atoms with Gasteiger partial charge in [0.1, 0.15) is 0 Å². The number of ether oxygens (including phenoxy) is 3. The largest absolute Gasteiger partial charge is 0.490 e. The van der Waals surface area contributed by atoms with Crippen LogP contribution >= 0.6 is 0 Å². The third-order valence-corrected chi connectivity index (χ3v) is 3.69. The number of carbonyl (C=O) groups excluding carboxylic acids is 3. The zero-order valence-electron chi connectivity index (χ0n) is 16.0. The molecule has 0 aliphatic carbocycles. The van der Waals surface area contributed by atoms with E-state index in [1.54, 1.807) is 45.9 Å². The Hall–Kier alpha value is -3.03. The molecule has 2 amide bonds. The molecule has 0 spiro atoms. The van der Waals surface area contributed by atoms with E-state index in [-0.39, 0.29) is 11.9 Å². The highest BCUT2D eigenvalue weighted by atomic mass is 16.6. The zero-order valence-corrected chi connectivity index (χ0v) is 16.0. The second-order valence-electron chi connectivity index (χ2n) is 6.26. The molecule has 0 bridgehead atoms. The van der Waals surface area contributed by atoms with Gasteiger partial charge >= 0.3 is 18.0 Å². The van der Waals surface area contributed by atoms with E-state index in [9.17, 15) is 14.4 Å². The Morgan fingerprint density at radius 2 is 1.93 bits per heavy atom. The van der Waals surface area contributed by atoms with Gasteiger partial charge in [0.05, 0.1) is 24.3 Å². The van der Waals surface area contributed by atoms with Gasteiger partial charge < -0.3 is 24.8 Å². The first-order chi connectivity index (χ1) is 12.7. The van der Waals surface area contributed by atoms with Crippen LogP contribution in [0, 0.1) is 0 Å². The number of allylic oxidation sites excluding steroid dienone is 1. The molecule has 1 atom stereocenters. The lowest BCUT2D eigenvalue weighted by Gasteiger charge is -2.29. The van der Waals surface area contributed by atoms with E-state index in [0.717, 1.165) is 0 Å². The highest BCUT2D eigenvalue weighted by Gasteiger charge is 2.33. The molecule has 1 aliphatic heterocycles. The summed E-state index contributed by atoms with van der Waals surface area (Å²) in [5.41, 5.74) is 1.31. The highest BCUT2D eigenvalue weighted by molar-refractivity contribution is 5.95. The van der Waals surface area contributed by atoms with Crippen LogP contribution in [-0.2, 0) is 14.3 Å². The molecule has 1 unspecified atom stereocenters. The lowest BCUT2D eigenvalue weighted by Crippen LogP contribution is -2.45. The summed E-state index contributed by atoms with van der Waals surface area (Å²) in [6.45, 7) is 8.58. The molecule has 27 heavy (non-hydrogen) atoms. The van der Waals surface area contributed by atoms with Crippen LogP contribution in [0.4, 0.5) is 4.79 Å². The van der Waals surface area contributed by atoms with E-state index < -0.39 is 24.0 Å². The van der Waals surface area contributed by atoms with E-state index in [0.29, 0.717) is 29.2 Å². The van der Waals surface area contributed by atoms with E-state index >= 15 is 0 Å². The molecule has 1 heterocycles. The van der Waals surface area contributed by atoms with Crippen molar-refractivity contribution in [3.05, 3.63) is 35.0 Å². The Labute approximate surface area is 157 Å². The van der Waals surface area contributed by atoms with E-state index in [4.69, 9.17) is 14.2 Å². The van der Waals surface area contributed by atoms with Crippen molar-refractivity contribution < 1.29 is 28.6 Å². The molecule has 1 aliphatic rings. The van der Waals surface area contributed by atoms with Crippen LogP contribution in [-0.4, -0.2) is 30.7 Å². The van der Waals surface area contributed by atoms with Crippen molar-refractivity contribution in [3.63, 3.8) is 0 Å². The Morgan fingerprint density at radius 1 is 1.22 bits per heavy atom. The molecule has 0 aromatic heterocycles. The minimum atomic E-state index is -0.726. The lowest BCUT2D eigenvalue weighted by molar-refractivity contribution is -0.143. The maximum atomic E-state index is 12.6. The van der Waals surface area contributed by atoms with Crippen LogP contribution in [0.15, 0.2) is 29.5 Å². The summed E-state index contributed by atoms with van der Waals surface area (Å²) < 4.78 is 16.0. The normalized spacial score (nSPS) is 16.5. The summed E-state index contributed by atoms with van der Waals surface area (Å²) in [7, 11) is 0. The number of carbonyl (C=O) groups is 3. The van der Waals surface area contributed by atoms with Gasteiger partial charge in [0.15, 0.2) is 11.5 Å². The topological polar surface area (TPSA) is 103 Å². The first-order valence-corrected chi connectivity index (χ1v) is 8.67. The molecule has 0 fully saturated rings. The minimum absolute atomic E-state index is 0.264. The van der Waals surface area contributed by atoms with E-state index in [1.165, 1.54) is 6.92 Å². The van der Waals surface area contributed by atoms with Crippen molar-refractivity contribution in [3.8, 4) is 11.5 Å². The predicted octanol–water partition coefficient (Wildman–Crippen LogP) is 2.59. The van der Waals surface area contributed by atoms with Crippen LogP contribution < -0.4 is 20.1 Å². The van der Waals surface area contributed by atoms with Gasteiger partial charge in [0.25, 0.3) is 0 Å². The quantitative estimate of drug-likeness (QED) is 0.584. The van der Waals surface area contributed by atoms with Crippen LogP contribution in [0.1, 0.15) is 46.2 Å². The maximum Gasteiger partial charge on any atom is 0.338 e. The Bertz CT molecular complexity index is 784. The number of urea groups is 1. The van der Waals surface area contributed by atoms with Gasteiger partial charge in [-0.05, 0) is 45.4 Å². The van der Waals surface area contributed by atoms with E-state index in [2.05, 4.69) is 10.6 Å². The molecular weight excluding hydrogens is 352 g/mol. The van der Waals surface area contributed by atoms with Crippen LogP contribution in [0.25, 0.3) is 0 Å². The summed E-state index contributed by atoms with van der Waals surface area (Å²) in [4.78, 5) is 35.8. The van der Waals surface area contributed by atoms with Gasteiger partial charge in [-0.2, -0.15) is 0 Å². The van der Waals surface area contributed by atoms with Crippen LogP contribution in [0.3, 0.4) is 0 Å². The smallest absolute Gasteiger partial charge is 0.338 e. The average molecular weight is 376 g/mol. The SMILES string of the molecule is CCOc1cc(C2NC(=O)NC(C)=C2C(=O)OC(C)C)ccc1OC(C)=O. The van der Waals surface area contributed by atoms with Crippen molar-refractivity contribution >= 4 is 18.0 Å². The highest BCUT2D eigenvalue weighted by Crippen LogP contribution is 2.35. The molecule has 1 aromatic rings. The fourth-order valence-electron chi connectivity index (χ4n) is 2.70. The number of hydrogen-bond acceptors (Lipinski definition) is 6. The Kier molecular flexibility index (Phi) is 6.44. The van der Waals surface area contributed by atoms with Crippen molar-refractivity contribution in [2.24, 2.45) is 0 Å². The lowest BCUT2D eigenvalue weighted by atomic mass is 9.95. The molecule has 2 rings (SSSR count). The predicted molar refractivity (Wildman–Crippen MR) is 97.3 cm³/mol. The standard InChI is InChI=1S/C19H24N2O6/c1-6-25-15-9-13(7-8-14(15)27-12(5)22)17-16(18(23)26-10(2)3)11(4)20-19(24)21-17/h7-10,17H,6H2,1-5H3,(H2,20,21,24). The molecule has 0 saturated heterocycles. The van der Waals surface area contributed by atoms with Gasteiger partial charge in [0.2, 0.25) is 0 Å². The number of rotatable bonds is 6. The van der Waals surface area contributed by atoms with Gasteiger partial charge in [0, 0.05) is 12.6 Å². The second-order valence-corrected chi connectivity index (χ2v) is 6.26. The Morgan fingerprint density at radius 3 is 2.52 bits per heavy atom. The summed E-state index contributed by atoms with van der Waals surface area (Å²) >= 11 is 0. The molecule has 2 N–H and O–H groups in total. The Balaban J connectivity index is 2.47. The summed E-state index contributed by atoms with van der Waals surface area (Å²) in [5.74, 6) is -0.398. The molecule has 8 heteroatoms. The third-order valence-electron chi connectivity index (χ3n) is 3.69. The van der Waals surface area contributed by atoms with Gasteiger partial charge in [-0.3, -0.25) is 4.79 Å². The number of nitrogens with one attached hydrogen (secondary N) is 2. The van der Waals surface area contributed by atoms with Crippen molar-refractivity contribution in [2.75, 3.05) is 6.61 Å². The monoisotopic (exact) mass is 376 g/mol. The molecule has 8 nitrogen and oxygen atoms in total. The maximum absolute atomic E-state index is 12.6. The number of hydrogen-bond donors (Lipinski definition) is 2. The summed E-state index contributed by atoms with van der Waals surface area (Å²) in [6.07, 6.45) is -0.304. The first kappa shape index (κ1) is 20.3. The van der Waals surface area contributed by atoms with Gasteiger partial charge in [-0.1, -0.05) is 6.07 Å². The van der Waals surface area contributed by atoms with Crippen molar-refractivity contribution in [1.29, 1.82) is 0 Å². The molecule has 146 valence electrons. The van der Waals surface area contributed by atoms with E-state index in [1.807, 2.05) is 0 Å². The van der Waals surface area contributed by atoms with Gasteiger partial charge in [-0.25, -0.2) is 9.59 Å². The van der Waals surface area contributed by atoms with Crippen LogP contribution in [0.5, 0.6) is 11.5 Å². The molecule has 0 saturated carbocycles. The average Bonchev–Trinajstić information content (AvgIpc) is 2.54. The van der Waals surface area contributed by atoms with Crippen molar-refractivity contribution in [2.45, 2.75) is 46.8 Å². The zero-order chi connectivity index (χ0) is 20.1. The second kappa shape index (κ2) is 8.57. The fraction of sp³-hybridized carbons (Fsp3) is 0.421. The number of amides is 2. The van der Waals surface area contributed by atoms with Crippen molar-refractivity contribution in [1.82, 2.24) is 10.6 Å².